The van der Waals surface area contributed by atoms with Gasteiger partial charge in [-0.05, 0) is 38.0 Å². The van der Waals surface area contributed by atoms with Gasteiger partial charge in [-0.3, -0.25) is 10.6 Å². The standard InChI is InChI=1S/C11H16N2O3.C2H6/c1-7(14)11(2,13-12)6-8-3-4-9(15)10(16)5-8;1-2/h3-5,13,15-16H,6,12H2,1-2H3;1-2H3/t11-;/m0./s1. The fraction of sp³-hybridized carbons (Fsp3) is 0.462. The Hall–Kier alpha value is -1.59. The van der Waals surface area contributed by atoms with Crippen LogP contribution in [0.3, 0.4) is 0 Å². The Labute approximate surface area is 108 Å². The summed E-state index contributed by atoms with van der Waals surface area (Å²) in [7, 11) is 0. The maximum atomic E-state index is 11.4. The molecule has 0 heterocycles. The zero-order valence-corrected chi connectivity index (χ0v) is 11.3. The van der Waals surface area contributed by atoms with Crippen molar-refractivity contribution >= 4 is 5.78 Å². The smallest absolute Gasteiger partial charge is 0.157 e. The van der Waals surface area contributed by atoms with E-state index in [2.05, 4.69) is 5.43 Å². The molecule has 0 aromatic heterocycles. The number of phenolic OH excluding ortho intramolecular Hbond substituents is 2. The summed E-state index contributed by atoms with van der Waals surface area (Å²) in [5.74, 6) is 4.85. The summed E-state index contributed by atoms with van der Waals surface area (Å²) in [6, 6.07) is 4.42. The maximum absolute atomic E-state index is 11.4. The van der Waals surface area contributed by atoms with Crippen LogP contribution in [-0.4, -0.2) is 21.5 Å². The number of aromatic hydroxyl groups is 2. The molecule has 0 aliphatic carbocycles. The number of hydrazine groups is 1. The molecule has 0 amide bonds. The molecule has 0 spiro atoms. The molecule has 0 unspecified atom stereocenters. The van der Waals surface area contributed by atoms with Crippen LogP contribution in [0.4, 0.5) is 0 Å². The molecule has 18 heavy (non-hydrogen) atoms. The summed E-state index contributed by atoms with van der Waals surface area (Å²) in [5, 5.41) is 18.5. The minimum absolute atomic E-state index is 0.0948. The van der Waals surface area contributed by atoms with Gasteiger partial charge < -0.3 is 10.2 Å². The Morgan fingerprint density at radius 2 is 1.89 bits per heavy atom. The predicted molar refractivity (Wildman–Crippen MR) is 71.2 cm³/mol. The predicted octanol–water partition coefficient (Wildman–Crippen LogP) is 1.48. The summed E-state index contributed by atoms with van der Waals surface area (Å²) < 4.78 is 0. The third-order valence-corrected chi connectivity index (χ3v) is 2.69. The highest BCUT2D eigenvalue weighted by Crippen LogP contribution is 2.26. The number of Topliss-reactive ketones (excluding diaryl/α,β-unsaturated/α-hetero) is 1. The minimum Gasteiger partial charge on any atom is -0.504 e. The van der Waals surface area contributed by atoms with Crippen LogP contribution in [0.2, 0.25) is 0 Å². The first-order valence-corrected chi connectivity index (χ1v) is 5.89. The molecular formula is C13H22N2O3. The van der Waals surface area contributed by atoms with Gasteiger partial charge in [0.05, 0.1) is 5.54 Å². The third kappa shape index (κ3) is 4.01. The lowest BCUT2D eigenvalue weighted by Crippen LogP contribution is -2.53. The van der Waals surface area contributed by atoms with Gasteiger partial charge in [-0.25, -0.2) is 5.43 Å². The average Bonchev–Trinajstić information content (AvgIpc) is 2.36. The van der Waals surface area contributed by atoms with E-state index in [0.717, 1.165) is 0 Å². The van der Waals surface area contributed by atoms with Gasteiger partial charge in [-0.15, -0.1) is 0 Å². The van der Waals surface area contributed by atoms with Gasteiger partial charge in [0.25, 0.3) is 0 Å². The van der Waals surface area contributed by atoms with Crippen molar-refractivity contribution in [2.24, 2.45) is 5.84 Å². The number of hydrogen-bond donors (Lipinski definition) is 4. The van der Waals surface area contributed by atoms with Crippen LogP contribution >= 0.6 is 0 Å². The monoisotopic (exact) mass is 254 g/mol. The van der Waals surface area contributed by atoms with E-state index in [0.29, 0.717) is 12.0 Å². The molecular weight excluding hydrogens is 232 g/mol. The lowest BCUT2D eigenvalue weighted by atomic mass is 9.90. The quantitative estimate of drug-likeness (QED) is 0.371. The van der Waals surface area contributed by atoms with E-state index >= 15 is 0 Å². The summed E-state index contributed by atoms with van der Waals surface area (Å²) in [6.07, 6.45) is 0.340. The van der Waals surface area contributed by atoms with Crippen molar-refractivity contribution < 1.29 is 15.0 Å². The van der Waals surface area contributed by atoms with Gasteiger partial charge in [0.2, 0.25) is 0 Å². The number of nitrogens with one attached hydrogen (secondary N) is 1. The van der Waals surface area contributed by atoms with Gasteiger partial charge in [0.1, 0.15) is 0 Å². The summed E-state index contributed by atoms with van der Waals surface area (Å²) >= 11 is 0. The Balaban J connectivity index is 0.00000137. The van der Waals surface area contributed by atoms with Crippen molar-refractivity contribution in [2.75, 3.05) is 0 Å². The number of rotatable bonds is 4. The SMILES string of the molecule is CC.CC(=O)[C@](C)(Cc1ccc(O)c(O)c1)NN. The Morgan fingerprint density at radius 3 is 2.28 bits per heavy atom. The van der Waals surface area contributed by atoms with Crippen molar-refractivity contribution in [3.63, 3.8) is 0 Å². The average molecular weight is 254 g/mol. The lowest BCUT2D eigenvalue weighted by molar-refractivity contribution is -0.122. The fourth-order valence-corrected chi connectivity index (χ4v) is 1.36. The zero-order chi connectivity index (χ0) is 14.3. The molecule has 5 nitrogen and oxygen atoms in total. The molecule has 0 aliphatic rings. The second-order valence-corrected chi connectivity index (χ2v) is 4.03. The van der Waals surface area contributed by atoms with Crippen LogP contribution in [0, 0.1) is 0 Å². The van der Waals surface area contributed by atoms with Gasteiger partial charge in [-0.2, -0.15) is 0 Å². The minimum atomic E-state index is -0.872. The lowest BCUT2D eigenvalue weighted by Gasteiger charge is -2.25. The number of ketones is 1. The van der Waals surface area contributed by atoms with Crippen LogP contribution in [0.5, 0.6) is 11.5 Å². The van der Waals surface area contributed by atoms with E-state index in [1.165, 1.54) is 19.1 Å². The van der Waals surface area contributed by atoms with Crippen molar-refractivity contribution in [3.8, 4) is 11.5 Å². The number of carbonyl (C=O) groups is 1. The first kappa shape index (κ1) is 16.4. The highest BCUT2D eigenvalue weighted by molar-refractivity contribution is 5.85. The second-order valence-electron chi connectivity index (χ2n) is 4.03. The van der Waals surface area contributed by atoms with E-state index in [1.807, 2.05) is 13.8 Å². The van der Waals surface area contributed by atoms with Gasteiger partial charge in [0, 0.05) is 0 Å². The van der Waals surface area contributed by atoms with Crippen molar-refractivity contribution in [1.29, 1.82) is 0 Å². The highest BCUT2D eigenvalue weighted by Gasteiger charge is 2.28. The largest absolute Gasteiger partial charge is 0.504 e. The molecule has 1 atom stereocenters. The molecule has 0 bridgehead atoms. The van der Waals surface area contributed by atoms with Crippen LogP contribution < -0.4 is 11.3 Å². The van der Waals surface area contributed by atoms with Crippen LogP contribution in [0.1, 0.15) is 33.3 Å². The number of phenols is 2. The summed E-state index contributed by atoms with van der Waals surface area (Å²) in [4.78, 5) is 11.4. The van der Waals surface area contributed by atoms with Crippen LogP contribution in [0.15, 0.2) is 18.2 Å². The molecule has 0 radical (unpaired) electrons. The Bertz CT molecular complexity index is 407. The fourth-order valence-electron chi connectivity index (χ4n) is 1.36. The summed E-state index contributed by atoms with van der Waals surface area (Å²) in [6.45, 7) is 7.12. The Morgan fingerprint density at radius 1 is 1.33 bits per heavy atom. The van der Waals surface area contributed by atoms with Crippen molar-refractivity contribution in [1.82, 2.24) is 5.43 Å². The zero-order valence-electron chi connectivity index (χ0n) is 11.3. The molecule has 1 aromatic carbocycles. The van der Waals surface area contributed by atoms with E-state index in [1.54, 1.807) is 13.0 Å². The molecule has 1 aromatic rings. The number of carbonyl (C=O) groups excluding carboxylic acids is 1. The Kier molecular flexibility index (Phi) is 6.36. The molecule has 1 rings (SSSR count). The first-order valence-electron chi connectivity index (χ1n) is 5.89. The van der Waals surface area contributed by atoms with Gasteiger partial charge in [-0.1, -0.05) is 19.9 Å². The maximum Gasteiger partial charge on any atom is 0.157 e. The van der Waals surface area contributed by atoms with E-state index < -0.39 is 5.54 Å². The van der Waals surface area contributed by atoms with Crippen molar-refractivity contribution in [3.05, 3.63) is 23.8 Å². The topological polar surface area (TPSA) is 95.6 Å². The molecule has 5 N–H and O–H groups in total. The highest BCUT2D eigenvalue weighted by atomic mass is 16.3. The van der Waals surface area contributed by atoms with E-state index in [-0.39, 0.29) is 17.3 Å². The third-order valence-electron chi connectivity index (χ3n) is 2.69. The van der Waals surface area contributed by atoms with E-state index in [9.17, 15) is 9.90 Å². The molecule has 0 fully saturated rings. The number of hydrogen-bond acceptors (Lipinski definition) is 5. The van der Waals surface area contributed by atoms with Gasteiger partial charge >= 0.3 is 0 Å². The van der Waals surface area contributed by atoms with Crippen molar-refractivity contribution in [2.45, 2.75) is 39.7 Å². The normalized spacial score (nSPS) is 13.2. The first-order chi connectivity index (χ1) is 8.39. The molecule has 0 saturated heterocycles. The molecule has 0 aliphatic heterocycles. The summed E-state index contributed by atoms with van der Waals surface area (Å²) in [5.41, 5.74) is 2.31. The van der Waals surface area contributed by atoms with E-state index in [4.69, 9.17) is 10.9 Å². The number of nitrogens with two attached hydrogens (primary N) is 1. The number of benzene rings is 1. The van der Waals surface area contributed by atoms with Crippen LogP contribution in [-0.2, 0) is 11.2 Å². The molecule has 5 heteroatoms. The van der Waals surface area contributed by atoms with Crippen LogP contribution in [0.25, 0.3) is 0 Å². The molecule has 102 valence electrons. The van der Waals surface area contributed by atoms with Gasteiger partial charge in [0.15, 0.2) is 17.3 Å². The second kappa shape index (κ2) is 6.98. The molecule has 0 saturated carbocycles.